The van der Waals surface area contributed by atoms with Gasteiger partial charge in [0.2, 0.25) is 0 Å². The maximum absolute atomic E-state index is 13.6. The predicted octanol–water partition coefficient (Wildman–Crippen LogP) is 1.92. The topological polar surface area (TPSA) is 66.6 Å². The van der Waals surface area contributed by atoms with Crippen LogP contribution in [-0.2, 0) is 0 Å². The molecule has 6 heteroatoms. The number of anilines is 1. The van der Waals surface area contributed by atoms with E-state index in [0.29, 0.717) is 18.9 Å². The summed E-state index contributed by atoms with van der Waals surface area (Å²) in [6.45, 7) is 0.128. The molecule has 2 rings (SSSR count). The fraction of sp³-hybridized carbons (Fsp3) is 0.500. The Labute approximate surface area is 116 Å². The van der Waals surface area contributed by atoms with E-state index in [0.717, 1.165) is 18.9 Å². The number of carbonyl (C=O) groups is 1. The number of halogens is 2. The highest BCUT2D eigenvalue weighted by molar-refractivity contribution is 5.95. The van der Waals surface area contributed by atoms with Gasteiger partial charge in [0.25, 0.3) is 5.91 Å². The molecule has 1 saturated carbocycles. The molecule has 1 aromatic carbocycles. The quantitative estimate of drug-likeness (QED) is 0.833. The van der Waals surface area contributed by atoms with E-state index < -0.39 is 23.1 Å². The van der Waals surface area contributed by atoms with Crippen LogP contribution in [0.4, 0.5) is 14.5 Å². The molecular weight excluding hydrogens is 266 g/mol. The molecule has 0 aromatic heterocycles. The first-order chi connectivity index (χ1) is 9.32. The van der Waals surface area contributed by atoms with Gasteiger partial charge in [-0.15, -0.1) is 0 Å². The van der Waals surface area contributed by atoms with Crippen LogP contribution in [0.5, 0.6) is 0 Å². The number of nitrogens with two attached hydrogens (primary N) is 1. The Morgan fingerprint density at radius 3 is 2.55 bits per heavy atom. The van der Waals surface area contributed by atoms with Crippen LogP contribution in [0.25, 0.3) is 0 Å². The molecule has 1 aromatic rings. The van der Waals surface area contributed by atoms with Crippen molar-refractivity contribution in [3.8, 4) is 0 Å². The second-order valence-electron chi connectivity index (χ2n) is 5.45. The van der Waals surface area contributed by atoms with Crippen molar-refractivity contribution in [2.75, 3.05) is 19.3 Å². The molecule has 4 nitrogen and oxygen atoms in total. The minimum Gasteiger partial charge on any atom is -0.396 e. The first-order valence-corrected chi connectivity index (χ1v) is 6.55. The number of carbonyl (C=O) groups excluding carboxylic acids is 1. The summed E-state index contributed by atoms with van der Waals surface area (Å²) in [5, 5.41) is 10.3. The first-order valence-electron chi connectivity index (χ1n) is 6.55. The Hall–Kier alpha value is -1.69. The highest BCUT2D eigenvalue weighted by Gasteiger charge is 2.34. The Kier molecular flexibility index (Phi) is 3.94. The van der Waals surface area contributed by atoms with Gasteiger partial charge in [0.1, 0.15) is 11.6 Å². The fourth-order valence-electron chi connectivity index (χ4n) is 2.64. The summed E-state index contributed by atoms with van der Waals surface area (Å²) < 4.78 is 26.7. The molecule has 0 saturated heterocycles. The largest absolute Gasteiger partial charge is 0.396 e. The summed E-state index contributed by atoms with van der Waals surface area (Å²) in [6.07, 6.45) is 3.07. The van der Waals surface area contributed by atoms with E-state index in [-0.39, 0.29) is 17.8 Å². The average Bonchev–Trinajstić information content (AvgIpc) is 2.79. The van der Waals surface area contributed by atoms with E-state index >= 15 is 0 Å². The number of nitrogen functional groups attached to an aromatic ring is 1. The molecule has 3 N–H and O–H groups in total. The number of likely N-dealkylation sites (N-methyl/N-ethyl adjacent to an activating group) is 1. The summed E-state index contributed by atoms with van der Waals surface area (Å²) in [5.41, 5.74) is 3.89. The summed E-state index contributed by atoms with van der Waals surface area (Å²) in [6, 6.07) is 1.59. The monoisotopic (exact) mass is 284 g/mol. The van der Waals surface area contributed by atoms with Crippen LogP contribution in [0.15, 0.2) is 12.1 Å². The van der Waals surface area contributed by atoms with Crippen molar-refractivity contribution in [1.29, 1.82) is 0 Å². The van der Waals surface area contributed by atoms with Gasteiger partial charge in [-0.2, -0.15) is 0 Å². The molecule has 0 aliphatic heterocycles. The maximum Gasteiger partial charge on any atom is 0.256 e. The highest BCUT2D eigenvalue weighted by Crippen LogP contribution is 2.30. The zero-order chi connectivity index (χ0) is 14.9. The Balaban J connectivity index is 2.16. The lowest BCUT2D eigenvalue weighted by molar-refractivity contribution is 0.0155. The van der Waals surface area contributed by atoms with Crippen molar-refractivity contribution < 1.29 is 18.7 Å². The molecule has 0 atom stereocenters. The van der Waals surface area contributed by atoms with E-state index in [1.165, 1.54) is 11.9 Å². The van der Waals surface area contributed by atoms with E-state index in [4.69, 9.17) is 5.73 Å². The van der Waals surface area contributed by atoms with Crippen molar-refractivity contribution in [3.63, 3.8) is 0 Å². The molecule has 1 aliphatic rings. The van der Waals surface area contributed by atoms with Crippen molar-refractivity contribution in [2.45, 2.75) is 31.3 Å². The average molecular weight is 284 g/mol. The van der Waals surface area contributed by atoms with E-state index in [2.05, 4.69) is 0 Å². The lowest BCUT2D eigenvalue weighted by Gasteiger charge is -2.28. The number of rotatable bonds is 3. The van der Waals surface area contributed by atoms with Gasteiger partial charge in [-0.3, -0.25) is 4.79 Å². The van der Waals surface area contributed by atoms with Gasteiger partial charge in [-0.1, -0.05) is 12.8 Å². The van der Waals surface area contributed by atoms with Gasteiger partial charge in [0.05, 0.1) is 16.9 Å². The number of hydrogen-bond donors (Lipinski definition) is 2. The van der Waals surface area contributed by atoms with Crippen LogP contribution in [0, 0.1) is 11.6 Å². The van der Waals surface area contributed by atoms with Crippen molar-refractivity contribution in [3.05, 3.63) is 29.3 Å². The molecule has 0 spiro atoms. The number of hydrogen-bond acceptors (Lipinski definition) is 3. The third-order valence-corrected chi connectivity index (χ3v) is 3.73. The molecule has 1 aliphatic carbocycles. The first kappa shape index (κ1) is 14.7. The minimum absolute atomic E-state index is 0.128. The smallest absolute Gasteiger partial charge is 0.256 e. The second kappa shape index (κ2) is 5.36. The molecule has 0 unspecified atom stereocenters. The van der Waals surface area contributed by atoms with Crippen LogP contribution in [0.3, 0.4) is 0 Å². The van der Waals surface area contributed by atoms with Crippen LogP contribution >= 0.6 is 0 Å². The summed E-state index contributed by atoms with van der Waals surface area (Å²) in [4.78, 5) is 13.4. The normalized spacial score (nSPS) is 17.2. The molecule has 0 bridgehead atoms. The Morgan fingerprint density at radius 1 is 1.35 bits per heavy atom. The lowest BCUT2D eigenvalue weighted by atomic mass is 10.0. The van der Waals surface area contributed by atoms with Crippen LogP contribution in [0.1, 0.15) is 36.0 Å². The fourth-order valence-corrected chi connectivity index (χ4v) is 2.64. The van der Waals surface area contributed by atoms with Crippen LogP contribution in [-0.4, -0.2) is 35.1 Å². The Bertz CT molecular complexity index is 528. The number of aliphatic hydroxyl groups is 1. The lowest BCUT2D eigenvalue weighted by Crippen LogP contribution is -2.42. The zero-order valence-electron chi connectivity index (χ0n) is 11.3. The van der Waals surface area contributed by atoms with Gasteiger partial charge in [0, 0.05) is 19.7 Å². The molecular formula is C14H18F2N2O2. The van der Waals surface area contributed by atoms with Crippen molar-refractivity contribution >= 4 is 11.6 Å². The molecule has 0 radical (unpaired) electrons. The standard InChI is InChI=1S/C14H18F2N2O2/c1-18(8-14(20)4-2-3-5-14)13(19)9-6-12(17)11(16)7-10(9)15/h6-7,20H,2-5,8,17H2,1H3. The van der Waals surface area contributed by atoms with Crippen LogP contribution < -0.4 is 5.73 Å². The van der Waals surface area contributed by atoms with E-state index in [1.807, 2.05) is 0 Å². The Morgan fingerprint density at radius 2 is 1.95 bits per heavy atom. The van der Waals surface area contributed by atoms with Crippen LogP contribution in [0.2, 0.25) is 0 Å². The van der Waals surface area contributed by atoms with Gasteiger partial charge < -0.3 is 15.7 Å². The summed E-state index contributed by atoms with van der Waals surface area (Å²) in [7, 11) is 1.48. The van der Waals surface area contributed by atoms with Gasteiger partial charge in [-0.25, -0.2) is 8.78 Å². The van der Waals surface area contributed by atoms with Gasteiger partial charge in [0.15, 0.2) is 0 Å². The number of nitrogens with zero attached hydrogens (tertiary/aromatic N) is 1. The predicted molar refractivity (Wildman–Crippen MR) is 71.1 cm³/mol. The molecule has 0 heterocycles. The molecule has 1 fully saturated rings. The SMILES string of the molecule is CN(CC1(O)CCCC1)C(=O)c1cc(N)c(F)cc1F. The highest BCUT2D eigenvalue weighted by atomic mass is 19.1. The van der Waals surface area contributed by atoms with Crippen molar-refractivity contribution in [1.82, 2.24) is 4.90 Å². The molecule has 110 valence electrons. The second-order valence-corrected chi connectivity index (χ2v) is 5.45. The zero-order valence-corrected chi connectivity index (χ0v) is 11.3. The van der Waals surface area contributed by atoms with Crippen molar-refractivity contribution in [2.24, 2.45) is 0 Å². The number of amides is 1. The van der Waals surface area contributed by atoms with Gasteiger partial charge in [-0.05, 0) is 18.9 Å². The molecule has 20 heavy (non-hydrogen) atoms. The minimum atomic E-state index is -0.952. The van der Waals surface area contributed by atoms with E-state index in [1.54, 1.807) is 0 Å². The number of benzene rings is 1. The van der Waals surface area contributed by atoms with Gasteiger partial charge >= 0.3 is 0 Å². The summed E-state index contributed by atoms with van der Waals surface area (Å²) in [5.74, 6) is -2.46. The molecule has 1 amide bonds. The third-order valence-electron chi connectivity index (χ3n) is 3.73. The van der Waals surface area contributed by atoms with E-state index in [9.17, 15) is 18.7 Å². The summed E-state index contributed by atoms with van der Waals surface area (Å²) >= 11 is 0. The maximum atomic E-state index is 13.6. The third kappa shape index (κ3) is 2.90.